The molecule has 3 rings (SSSR count). The molecule has 0 saturated carbocycles. The summed E-state index contributed by atoms with van der Waals surface area (Å²) in [7, 11) is 1.85. The lowest BCUT2D eigenvalue weighted by Gasteiger charge is -2.04. The van der Waals surface area contributed by atoms with Crippen LogP contribution >= 0.6 is 0 Å². The lowest BCUT2D eigenvalue weighted by Crippen LogP contribution is -2.17. The number of fused-ring (bicyclic) bond motifs is 1. The summed E-state index contributed by atoms with van der Waals surface area (Å²) in [6.07, 6.45) is 3.63. The van der Waals surface area contributed by atoms with Crippen LogP contribution in [0, 0.1) is 6.92 Å². The monoisotopic (exact) mass is 284 g/mol. The van der Waals surface area contributed by atoms with Crippen LogP contribution in [0.3, 0.4) is 0 Å². The van der Waals surface area contributed by atoms with Crippen LogP contribution in [0.4, 0.5) is 0 Å². The van der Waals surface area contributed by atoms with Crippen molar-refractivity contribution in [1.29, 1.82) is 0 Å². The van der Waals surface area contributed by atoms with E-state index in [1.165, 1.54) is 6.07 Å². The maximum Gasteiger partial charge on any atom is 0.258 e. The third-order valence-corrected chi connectivity index (χ3v) is 3.13. The fourth-order valence-corrected chi connectivity index (χ4v) is 2.18. The van der Waals surface area contributed by atoms with Gasteiger partial charge >= 0.3 is 0 Å². The van der Waals surface area contributed by atoms with E-state index >= 15 is 0 Å². The number of aryl methyl sites for hydroxylation is 1. The van der Waals surface area contributed by atoms with E-state index in [2.05, 4.69) is 20.6 Å². The highest BCUT2D eigenvalue weighted by atomic mass is 16.1. The summed E-state index contributed by atoms with van der Waals surface area (Å²) in [6.45, 7) is 3.03. The number of aromatic nitrogens is 5. The molecule has 0 aliphatic rings. The van der Waals surface area contributed by atoms with Gasteiger partial charge in [0.15, 0.2) is 0 Å². The van der Waals surface area contributed by atoms with E-state index in [0.29, 0.717) is 24.4 Å². The van der Waals surface area contributed by atoms with Gasteiger partial charge in [0.1, 0.15) is 5.65 Å². The van der Waals surface area contributed by atoms with Crippen molar-refractivity contribution in [2.75, 3.05) is 7.05 Å². The molecule has 21 heavy (non-hydrogen) atoms. The van der Waals surface area contributed by atoms with E-state index in [4.69, 9.17) is 0 Å². The van der Waals surface area contributed by atoms with Crippen molar-refractivity contribution >= 4 is 5.65 Å². The number of rotatable bonds is 4. The Bertz CT molecular complexity index is 835. The molecule has 3 aromatic heterocycles. The molecular formula is C14H16N6O. The van der Waals surface area contributed by atoms with Gasteiger partial charge in [-0.05, 0) is 25.6 Å². The van der Waals surface area contributed by atoms with Gasteiger partial charge in [-0.15, -0.1) is 5.10 Å². The highest BCUT2D eigenvalue weighted by Gasteiger charge is 2.05. The van der Waals surface area contributed by atoms with Gasteiger partial charge in [-0.25, -0.2) is 9.67 Å². The molecule has 0 unspecified atom stereocenters. The van der Waals surface area contributed by atoms with Crippen molar-refractivity contribution in [3.63, 3.8) is 0 Å². The topological polar surface area (TPSA) is 77.1 Å². The summed E-state index contributed by atoms with van der Waals surface area (Å²) >= 11 is 0. The van der Waals surface area contributed by atoms with Crippen LogP contribution in [0.1, 0.15) is 17.0 Å². The van der Waals surface area contributed by atoms with Crippen LogP contribution < -0.4 is 10.9 Å². The zero-order valence-corrected chi connectivity index (χ0v) is 11.9. The minimum absolute atomic E-state index is 0.0886. The summed E-state index contributed by atoms with van der Waals surface area (Å²) in [5.74, 6) is 0. The minimum Gasteiger partial charge on any atom is -0.314 e. The van der Waals surface area contributed by atoms with Gasteiger partial charge in [-0.1, -0.05) is 11.3 Å². The van der Waals surface area contributed by atoms with Crippen LogP contribution in [-0.2, 0) is 13.1 Å². The lowest BCUT2D eigenvalue weighted by molar-refractivity contribution is 0.637. The molecule has 0 aliphatic heterocycles. The molecule has 0 spiro atoms. The van der Waals surface area contributed by atoms with Crippen molar-refractivity contribution in [1.82, 2.24) is 29.7 Å². The smallest absolute Gasteiger partial charge is 0.258 e. The Kier molecular flexibility index (Phi) is 3.49. The maximum atomic E-state index is 12.1. The minimum atomic E-state index is -0.0886. The van der Waals surface area contributed by atoms with Gasteiger partial charge in [-0.2, -0.15) is 0 Å². The Morgan fingerprint density at radius 1 is 1.24 bits per heavy atom. The molecule has 7 nitrogen and oxygen atoms in total. The van der Waals surface area contributed by atoms with Crippen LogP contribution in [0.2, 0.25) is 0 Å². The standard InChI is InChI=1S/C14H16N6O/c1-10-3-4-13-16-11(5-14(21)20(13)7-10)8-19-9-12(6-15-2)17-18-19/h3-5,7,9,15H,6,8H2,1-2H3. The molecule has 0 amide bonds. The predicted molar refractivity (Wildman–Crippen MR) is 78.1 cm³/mol. The molecule has 0 bridgehead atoms. The third kappa shape index (κ3) is 2.82. The van der Waals surface area contributed by atoms with Crippen molar-refractivity contribution in [2.24, 2.45) is 0 Å². The van der Waals surface area contributed by atoms with Crippen LogP contribution in [0.25, 0.3) is 5.65 Å². The molecule has 3 heterocycles. The van der Waals surface area contributed by atoms with Crippen LogP contribution in [0.5, 0.6) is 0 Å². The first-order valence-corrected chi connectivity index (χ1v) is 6.68. The molecule has 0 aliphatic carbocycles. The maximum absolute atomic E-state index is 12.1. The van der Waals surface area contributed by atoms with Crippen molar-refractivity contribution in [2.45, 2.75) is 20.0 Å². The third-order valence-electron chi connectivity index (χ3n) is 3.13. The molecule has 1 N–H and O–H groups in total. The summed E-state index contributed by atoms with van der Waals surface area (Å²) < 4.78 is 3.23. The van der Waals surface area contributed by atoms with Crippen molar-refractivity contribution in [3.05, 3.63) is 57.9 Å². The molecule has 0 saturated heterocycles. The van der Waals surface area contributed by atoms with Gasteiger partial charge in [-0.3, -0.25) is 9.20 Å². The fraction of sp³-hybridized carbons (Fsp3) is 0.286. The Hall–Kier alpha value is -2.54. The van der Waals surface area contributed by atoms with E-state index in [9.17, 15) is 4.79 Å². The SMILES string of the molecule is CNCc1cn(Cc2cc(=O)n3cc(C)ccc3n2)nn1. The first-order chi connectivity index (χ1) is 10.2. The van der Waals surface area contributed by atoms with Crippen LogP contribution in [0.15, 0.2) is 35.4 Å². The molecule has 0 aromatic carbocycles. The number of hydrogen-bond acceptors (Lipinski definition) is 5. The zero-order chi connectivity index (χ0) is 14.8. The Morgan fingerprint density at radius 3 is 2.90 bits per heavy atom. The van der Waals surface area contributed by atoms with E-state index in [0.717, 1.165) is 11.3 Å². The summed E-state index contributed by atoms with van der Waals surface area (Å²) in [4.78, 5) is 16.6. The van der Waals surface area contributed by atoms with Crippen LogP contribution in [-0.4, -0.2) is 31.4 Å². The highest BCUT2D eigenvalue weighted by molar-refractivity contribution is 5.39. The van der Waals surface area contributed by atoms with Gasteiger partial charge in [0.25, 0.3) is 5.56 Å². The van der Waals surface area contributed by atoms with E-state index in [-0.39, 0.29) is 5.56 Å². The molecule has 3 aromatic rings. The van der Waals surface area contributed by atoms with Crippen molar-refractivity contribution < 1.29 is 0 Å². The van der Waals surface area contributed by atoms with Crippen molar-refractivity contribution in [3.8, 4) is 0 Å². The summed E-state index contributed by atoms with van der Waals surface area (Å²) in [6, 6.07) is 5.31. The van der Waals surface area contributed by atoms with Gasteiger partial charge in [0.2, 0.25) is 0 Å². The Labute approximate surface area is 121 Å². The second-order valence-corrected chi connectivity index (χ2v) is 4.96. The average molecular weight is 284 g/mol. The quantitative estimate of drug-likeness (QED) is 0.748. The van der Waals surface area contributed by atoms with Gasteiger partial charge < -0.3 is 5.32 Å². The Morgan fingerprint density at radius 2 is 2.10 bits per heavy atom. The second-order valence-electron chi connectivity index (χ2n) is 4.96. The number of nitrogens with one attached hydrogen (secondary N) is 1. The predicted octanol–water partition coefficient (Wildman–Crippen LogP) is 0.362. The molecule has 108 valence electrons. The lowest BCUT2D eigenvalue weighted by atomic mass is 10.3. The first kappa shape index (κ1) is 13.4. The normalized spacial score (nSPS) is 11.1. The first-order valence-electron chi connectivity index (χ1n) is 6.68. The molecule has 0 fully saturated rings. The average Bonchev–Trinajstić information content (AvgIpc) is 2.87. The van der Waals surface area contributed by atoms with Gasteiger partial charge in [0, 0.05) is 18.8 Å². The van der Waals surface area contributed by atoms with Gasteiger partial charge in [0.05, 0.1) is 24.1 Å². The molecule has 0 radical (unpaired) electrons. The molecule has 0 atom stereocenters. The fourth-order valence-electron chi connectivity index (χ4n) is 2.18. The highest BCUT2D eigenvalue weighted by Crippen LogP contribution is 2.04. The largest absolute Gasteiger partial charge is 0.314 e. The molecule has 7 heteroatoms. The second kappa shape index (κ2) is 5.45. The van der Waals surface area contributed by atoms with E-state index < -0.39 is 0 Å². The number of pyridine rings is 1. The molecular weight excluding hydrogens is 268 g/mol. The summed E-state index contributed by atoms with van der Waals surface area (Å²) in [5, 5.41) is 11.1. The van der Waals surface area contributed by atoms with E-state index in [1.54, 1.807) is 15.3 Å². The number of hydrogen-bond donors (Lipinski definition) is 1. The van der Waals surface area contributed by atoms with E-state index in [1.807, 2.05) is 32.3 Å². The zero-order valence-electron chi connectivity index (χ0n) is 11.9. The number of nitrogens with zero attached hydrogens (tertiary/aromatic N) is 5. The Balaban J connectivity index is 1.93. The summed E-state index contributed by atoms with van der Waals surface area (Å²) in [5.41, 5.74) is 3.09.